The summed E-state index contributed by atoms with van der Waals surface area (Å²) in [6.07, 6.45) is 0. The van der Waals surface area contributed by atoms with E-state index < -0.39 is 4.92 Å². The molecule has 0 atom stereocenters. The molecule has 9 heteroatoms. The highest BCUT2D eigenvalue weighted by Gasteiger charge is 2.26. The van der Waals surface area contributed by atoms with Crippen molar-refractivity contribution in [2.75, 3.05) is 63.9 Å². The lowest BCUT2D eigenvalue weighted by Crippen LogP contribution is -2.51. The fraction of sp³-hybridized carbons (Fsp3) is 0.529. The Kier molecular flexibility index (Phi) is 5.65. The summed E-state index contributed by atoms with van der Waals surface area (Å²) in [7, 11) is 0. The van der Waals surface area contributed by atoms with Gasteiger partial charge in [-0.05, 0) is 12.1 Å². The lowest BCUT2D eigenvalue weighted by Gasteiger charge is -2.36. The molecule has 0 bridgehead atoms. The van der Waals surface area contributed by atoms with Crippen LogP contribution in [0.25, 0.3) is 0 Å². The number of nitro benzene ring substituents is 1. The van der Waals surface area contributed by atoms with Crippen LogP contribution in [0.2, 0.25) is 0 Å². The van der Waals surface area contributed by atoms with Crippen molar-refractivity contribution in [1.82, 2.24) is 9.80 Å². The SMILES string of the molecule is N#Cc1ccc([N+](=O)[O-])c(N2CCN(CC(=O)N3CCOCC3)CC2)c1. The molecular weight excluding hydrogens is 338 g/mol. The number of morpholine rings is 1. The number of nitrogens with zero attached hydrogens (tertiary/aromatic N) is 5. The molecule has 26 heavy (non-hydrogen) atoms. The van der Waals surface area contributed by atoms with Gasteiger partial charge in [0.1, 0.15) is 5.69 Å². The number of hydrogen-bond acceptors (Lipinski definition) is 7. The molecule has 0 unspecified atom stereocenters. The molecule has 3 rings (SSSR count). The minimum absolute atomic E-state index is 0.00171. The molecule has 1 aromatic carbocycles. The maximum absolute atomic E-state index is 12.3. The second-order valence-electron chi connectivity index (χ2n) is 6.33. The van der Waals surface area contributed by atoms with Crippen molar-refractivity contribution in [2.45, 2.75) is 0 Å². The minimum atomic E-state index is -0.426. The maximum Gasteiger partial charge on any atom is 0.292 e. The van der Waals surface area contributed by atoms with E-state index in [0.717, 1.165) is 0 Å². The number of carbonyl (C=O) groups excluding carboxylic acids is 1. The number of piperazine rings is 1. The summed E-state index contributed by atoms with van der Waals surface area (Å²) < 4.78 is 5.26. The Labute approximate surface area is 151 Å². The standard InChI is InChI=1S/C17H21N5O4/c18-12-14-1-2-15(22(24)25)16(11-14)20-5-3-19(4-6-20)13-17(23)21-7-9-26-10-8-21/h1-2,11H,3-10,13H2. The van der Waals surface area contributed by atoms with Crippen molar-refractivity contribution in [1.29, 1.82) is 5.26 Å². The van der Waals surface area contributed by atoms with Crippen LogP contribution in [0.3, 0.4) is 0 Å². The highest BCUT2D eigenvalue weighted by molar-refractivity contribution is 5.78. The number of nitro groups is 1. The van der Waals surface area contributed by atoms with Crippen LogP contribution in [0.15, 0.2) is 18.2 Å². The van der Waals surface area contributed by atoms with E-state index >= 15 is 0 Å². The van der Waals surface area contributed by atoms with Gasteiger partial charge in [0.05, 0.1) is 36.3 Å². The van der Waals surface area contributed by atoms with Crippen LogP contribution in [0.5, 0.6) is 0 Å². The van der Waals surface area contributed by atoms with Crippen LogP contribution in [-0.2, 0) is 9.53 Å². The first-order valence-corrected chi connectivity index (χ1v) is 8.60. The summed E-state index contributed by atoms with van der Waals surface area (Å²) >= 11 is 0. The second-order valence-corrected chi connectivity index (χ2v) is 6.33. The van der Waals surface area contributed by atoms with E-state index in [1.54, 1.807) is 6.07 Å². The number of rotatable bonds is 4. The monoisotopic (exact) mass is 359 g/mol. The van der Waals surface area contributed by atoms with Crippen LogP contribution in [0.4, 0.5) is 11.4 Å². The molecule has 2 saturated heterocycles. The van der Waals surface area contributed by atoms with Crippen LogP contribution in [-0.4, -0.2) is 79.7 Å². The van der Waals surface area contributed by atoms with E-state index in [0.29, 0.717) is 70.3 Å². The maximum atomic E-state index is 12.3. The van der Waals surface area contributed by atoms with Crippen molar-refractivity contribution in [3.8, 4) is 6.07 Å². The molecule has 1 amide bonds. The molecule has 138 valence electrons. The van der Waals surface area contributed by atoms with Crippen LogP contribution in [0.1, 0.15) is 5.56 Å². The van der Waals surface area contributed by atoms with Crippen molar-refractivity contribution in [3.05, 3.63) is 33.9 Å². The summed E-state index contributed by atoms with van der Waals surface area (Å²) in [4.78, 5) is 29.0. The highest BCUT2D eigenvalue weighted by Crippen LogP contribution is 2.30. The number of ether oxygens (including phenoxy) is 1. The van der Waals surface area contributed by atoms with Crippen molar-refractivity contribution >= 4 is 17.3 Å². The number of carbonyl (C=O) groups is 1. The van der Waals surface area contributed by atoms with Gasteiger partial charge in [-0.3, -0.25) is 19.8 Å². The Morgan fingerprint density at radius 3 is 2.50 bits per heavy atom. The lowest BCUT2D eigenvalue weighted by molar-refractivity contribution is -0.384. The van der Waals surface area contributed by atoms with Gasteiger partial charge in [0.15, 0.2) is 0 Å². The molecule has 0 aromatic heterocycles. The fourth-order valence-electron chi connectivity index (χ4n) is 3.25. The second kappa shape index (κ2) is 8.12. The quantitative estimate of drug-likeness (QED) is 0.568. The lowest BCUT2D eigenvalue weighted by atomic mass is 10.1. The van der Waals surface area contributed by atoms with Crippen molar-refractivity contribution in [2.24, 2.45) is 0 Å². The van der Waals surface area contributed by atoms with Gasteiger partial charge in [-0.15, -0.1) is 0 Å². The number of hydrogen-bond donors (Lipinski definition) is 0. The first-order valence-electron chi connectivity index (χ1n) is 8.60. The van der Waals surface area contributed by atoms with E-state index in [9.17, 15) is 14.9 Å². The summed E-state index contributed by atoms with van der Waals surface area (Å²) in [5, 5.41) is 20.3. The molecule has 2 aliphatic rings. The third-order valence-electron chi connectivity index (χ3n) is 4.74. The third-order valence-corrected chi connectivity index (χ3v) is 4.74. The number of amides is 1. The molecule has 2 fully saturated rings. The Hall–Kier alpha value is -2.70. The van der Waals surface area contributed by atoms with E-state index in [-0.39, 0.29) is 11.6 Å². The van der Waals surface area contributed by atoms with Gasteiger partial charge in [-0.25, -0.2) is 0 Å². The van der Waals surface area contributed by atoms with Crippen molar-refractivity contribution in [3.63, 3.8) is 0 Å². The molecule has 0 N–H and O–H groups in total. The average Bonchev–Trinajstić information content (AvgIpc) is 2.68. The number of benzene rings is 1. The van der Waals surface area contributed by atoms with E-state index in [1.807, 2.05) is 15.9 Å². The fourth-order valence-corrected chi connectivity index (χ4v) is 3.25. The summed E-state index contributed by atoms with van der Waals surface area (Å²) in [5.41, 5.74) is 0.866. The van der Waals surface area contributed by atoms with E-state index in [1.165, 1.54) is 12.1 Å². The van der Waals surface area contributed by atoms with Gasteiger partial charge in [-0.2, -0.15) is 5.26 Å². The van der Waals surface area contributed by atoms with Gasteiger partial charge >= 0.3 is 0 Å². The van der Waals surface area contributed by atoms with Crippen molar-refractivity contribution < 1.29 is 14.5 Å². The summed E-state index contributed by atoms with van der Waals surface area (Å²) in [6, 6.07) is 6.42. The minimum Gasteiger partial charge on any atom is -0.378 e. The summed E-state index contributed by atoms with van der Waals surface area (Å²) in [5.74, 6) is 0.0965. The summed E-state index contributed by atoms with van der Waals surface area (Å²) in [6.45, 7) is 5.22. The molecule has 2 aliphatic heterocycles. The Morgan fingerprint density at radius 2 is 1.88 bits per heavy atom. The predicted octanol–water partition coefficient (Wildman–Crippen LogP) is 0.447. The number of anilines is 1. The molecule has 2 heterocycles. The van der Waals surface area contributed by atoms with E-state index in [4.69, 9.17) is 10.00 Å². The largest absolute Gasteiger partial charge is 0.378 e. The smallest absolute Gasteiger partial charge is 0.292 e. The zero-order valence-electron chi connectivity index (χ0n) is 14.5. The van der Waals surface area contributed by atoms with Crippen LogP contribution in [0, 0.1) is 21.4 Å². The normalized spacial score (nSPS) is 18.4. The van der Waals surface area contributed by atoms with Gasteiger partial charge < -0.3 is 14.5 Å². The Morgan fingerprint density at radius 1 is 1.19 bits per heavy atom. The molecule has 0 spiro atoms. The molecular formula is C17H21N5O4. The van der Waals surface area contributed by atoms with Crippen LogP contribution < -0.4 is 4.90 Å². The topological polar surface area (TPSA) is 103 Å². The van der Waals surface area contributed by atoms with Gasteiger partial charge in [0.2, 0.25) is 5.91 Å². The molecule has 0 radical (unpaired) electrons. The molecule has 9 nitrogen and oxygen atoms in total. The zero-order valence-corrected chi connectivity index (χ0v) is 14.5. The van der Waals surface area contributed by atoms with Gasteiger partial charge in [0, 0.05) is 45.3 Å². The highest BCUT2D eigenvalue weighted by atomic mass is 16.6. The molecule has 0 aliphatic carbocycles. The Balaban J connectivity index is 1.61. The first kappa shape index (κ1) is 18.1. The van der Waals surface area contributed by atoms with Gasteiger partial charge in [-0.1, -0.05) is 0 Å². The van der Waals surface area contributed by atoms with Gasteiger partial charge in [0.25, 0.3) is 5.69 Å². The zero-order chi connectivity index (χ0) is 18.5. The van der Waals surface area contributed by atoms with Crippen LogP contribution >= 0.6 is 0 Å². The number of nitriles is 1. The molecule has 1 aromatic rings. The predicted molar refractivity (Wildman–Crippen MR) is 93.9 cm³/mol. The first-order chi connectivity index (χ1) is 12.6. The Bertz CT molecular complexity index is 718. The molecule has 0 saturated carbocycles. The third kappa shape index (κ3) is 4.09. The van der Waals surface area contributed by atoms with E-state index in [2.05, 4.69) is 4.90 Å². The average molecular weight is 359 g/mol.